The van der Waals surface area contributed by atoms with Gasteiger partial charge in [0.05, 0.1) is 21.8 Å². The molecule has 300 valence electrons. The number of anilines is 1. The minimum Gasteiger partial charge on any atom is -0.744 e. The number of hydrogen-bond acceptors (Lipinski definition) is 11. The number of carboxylic acid groups (broad SMARTS) is 1. The van der Waals surface area contributed by atoms with Crippen molar-refractivity contribution in [3.63, 3.8) is 0 Å². The molecule has 4 rings (SSSR count). The van der Waals surface area contributed by atoms with Crippen molar-refractivity contribution in [3.05, 3.63) is 95.8 Å². The number of aliphatic carboxylic acids is 1. The summed E-state index contributed by atoms with van der Waals surface area (Å²) in [6, 6.07) is 8.89. The van der Waals surface area contributed by atoms with E-state index in [1.54, 1.807) is 33.5 Å². The van der Waals surface area contributed by atoms with E-state index in [1.165, 1.54) is 24.3 Å². The minimum absolute atomic E-state index is 0.0789. The van der Waals surface area contributed by atoms with Crippen molar-refractivity contribution in [1.82, 2.24) is 0 Å². The van der Waals surface area contributed by atoms with Gasteiger partial charge in [0.2, 0.25) is 5.69 Å². The number of allylic oxidation sites excluding steroid dienone is 8. The molecule has 0 radical (unpaired) electrons. The molecule has 2 aliphatic rings. The Kier molecular flexibility index (Phi) is 14.9. The molecule has 2 atom stereocenters. The number of benzene rings is 2. The molecule has 15 heteroatoms. The zero-order valence-corrected chi connectivity index (χ0v) is 33.7. The largest absolute Gasteiger partial charge is 0.744 e. The first-order valence-corrected chi connectivity index (χ1v) is 20.9. The van der Waals surface area contributed by atoms with Gasteiger partial charge in [0.25, 0.3) is 0 Å². The van der Waals surface area contributed by atoms with Crippen molar-refractivity contribution >= 4 is 43.3 Å². The number of fused-ring (bicyclic) bond motifs is 2. The van der Waals surface area contributed by atoms with E-state index >= 15 is 0 Å². The number of hydrogen-bond donors (Lipinski definition) is 1. The monoisotopic (exact) mass is 799 g/mol. The van der Waals surface area contributed by atoms with Crippen LogP contribution in [0.3, 0.4) is 0 Å². The molecule has 2 unspecified atom stereocenters. The van der Waals surface area contributed by atoms with E-state index in [1.807, 2.05) is 56.4 Å². The Labute approximate surface area is 324 Å². The number of unbranched alkanes of at least 4 members (excludes halogenated alkanes) is 2. The van der Waals surface area contributed by atoms with Crippen LogP contribution in [0.2, 0.25) is 0 Å². The first-order chi connectivity index (χ1) is 26.0. The number of carbonyl (C=O) groups is 1. The van der Waals surface area contributed by atoms with Crippen LogP contribution >= 0.6 is 0 Å². The van der Waals surface area contributed by atoms with Gasteiger partial charge in [0, 0.05) is 88.4 Å². The van der Waals surface area contributed by atoms with E-state index in [0.717, 1.165) is 22.8 Å². The van der Waals surface area contributed by atoms with Crippen LogP contribution in [0.5, 0.6) is 0 Å². The van der Waals surface area contributed by atoms with Crippen LogP contribution in [-0.2, 0) is 50.1 Å². The maximum Gasteiger partial charge on any atom is 0.303 e. The quantitative estimate of drug-likeness (QED) is 0.0720. The Morgan fingerprint density at radius 1 is 0.782 bits per heavy atom. The normalized spacial score (nSPS) is 20.9. The summed E-state index contributed by atoms with van der Waals surface area (Å²) in [6.45, 7) is 6.24. The van der Waals surface area contributed by atoms with E-state index in [2.05, 4.69) is 9.48 Å². The third kappa shape index (κ3) is 10.3. The van der Waals surface area contributed by atoms with Crippen LogP contribution in [0.1, 0.15) is 63.5 Å². The Balaban J connectivity index is 1.68. The first-order valence-electron chi connectivity index (χ1n) is 18.1. The molecule has 0 amide bonds. The molecule has 55 heavy (non-hydrogen) atoms. The van der Waals surface area contributed by atoms with Gasteiger partial charge in [-0.2, -0.15) is 4.58 Å². The number of nitrogens with zero attached hydrogens (tertiary/aromatic N) is 2. The van der Waals surface area contributed by atoms with E-state index in [4.69, 9.17) is 19.3 Å². The molecule has 0 bridgehead atoms. The Morgan fingerprint density at radius 2 is 1.36 bits per heavy atom. The fraction of sp³-hybridized carbons (Fsp3) is 0.450. The molecule has 2 aromatic rings. The third-order valence-electron chi connectivity index (χ3n) is 10.4. The van der Waals surface area contributed by atoms with E-state index < -0.39 is 37.0 Å². The standard InChI is InChI=1S/C40H52N2O11S2/c1-39(21-25-51-3)32-28-30(54(45,46)47)17-19-34(32)41(23-13-9-12-16-38(43)44)36(39)14-10-7-6-8-11-15-37-40(2,22-26-52-4)33-29-31(55(48,49)50)18-20-35(33)42(37)24-27-53-5/h6-8,10-11,14-15,17-20,28-29H,9,12-13,16,21-27H2,1-5H3,(H2-,43,44,45,46,47,48,49,50)/p-1. The summed E-state index contributed by atoms with van der Waals surface area (Å²) in [6.07, 6.45) is 16.3. The van der Waals surface area contributed by atoms with Crippen molar-refractivity contribution in [2.24, 2.45) is 0 Å². The van der Waals surface area contributed by atoms with Crippen LogP contribution in [-0.4, -0.2) is 102 Å². The van der Waals surface area contributed by atoms with E-state index in [-0.39, 0.29) is 16.2 Å². The summed E-state index contributed by atoms with van der Waals surface area (Å²) in [4.78, 5) is 12.5. The second-order valence-corrected chi connectivity index (χ2v) is 16.7. The summed E-state index contributed by atoms with van der Waals surface area (Å²) >= 11 is 0. The average molecular weight is 800 g/mol. The third-order valence-corrected chi connectivity index (χ3v) is 12.0. The van der Waals surface area contributed by atoms with E-state index in [9.17, 15) is 30.7 Å². The molecule has 2 heterocycles. The van der Waals surface area contributed by atoms with E-state index in [0.29, 0.717) is 76.1 Å². The highest BCUT2D eigenvalue weighted by molar-refractivity contribution is 7.86. The summed E-state index contributed by atoms with van der Waals surface area (Å²) in [7, 11) is -4.58. The lowest BCUT2D eigenvalue weighted by Crippen LogP contribution is -2.33. The van der Waals surface area contributed by atoms with Crippen LogP contribution in [0.4, 0.5) is 11.4 Å². The lowest BCUT2D eigenvalue weighted by Gasteiger charge is -2.30. The lowest BCUT2D eigenvalue weighted by atomic mass is 9.76. The van der Waals surface area contributed by atoms with Gasteiger partial charge in [-0.15, -0.1) is 0 Å². The fourth-order valence-electron chi connectivity index (χ4n) is 7.39. The van der Waals surface area contributed by atoms with Gasteiger partial charge in [-0.3, -0.25) is 4.79 Å². The molecule has 0 spiro atoms. The summed E-state index contributed by atoms with van der Waals surface area (Å²) in [5.41, 5.74) is 3.41. The predicted molar refractivity (Wildman–Crippen MR) is 207 cm³/mol. The van der Waals surface area contributed by atoms with Crippen LogP contribution in [0, 0.1) is 0 Å². The van der Waals surface area contributed by atoms with Crippen molar-refractivity contribution in [2.75, 3.05) is 59.1 Å². The Bertz CT molecular complexity index is 2090. The number of ether oxygens (including phenoxy) is 3. The second kappa shape index (κ2) is 18.8. The highest BCUT2D eigenvalue weighted by Crippen LogP contribution is 2.50. The molecule has 2 aliphatic heterocycles. The second-order valence-electron chi connectivity index (χ2n) is 14.0. The zero-order valence-electron chi connectivity index (χ0n) is 32.0. The van der Waals surface area contributed by atoms with Gasteiger partial charge >= 0.3 is 5.97 Å². The first kappa shape index (κ1) is 43.8. The SMILES string of the molecule is COCCN1/C(=C/C=C/C=C/C=C/C2=[N+](CCCCCC(=O)O)c3ccc(S(=O)(=O)[O-])cc3C2(C)CCOC)C(C)(CCOC)c2cc(S(=O)(=O)[O-])ccc21. The maximum atomic E-state index is 12.0. The molecular formula is C40H51N2O11S2-. The number of rotatable bonds is 21. The van der Waals surface area contributed by atoms with Gasteiger partial charge in [0.1, 0.15) is 26.8 Å². The average Bonchev–Trinajstić information content (AvgIpc) is 3.50. The molecule has 1 N–H and O–H groups in total. The molecule has 0 aromatic heterocycles. The molecule has 2 aromatic carbocycles. The van der Waals surface area contributed by atoms with Crippen LogP contribution < -0.4 is 4.90 Å². The zero-order chi connectivity index (χ0) is 40.4. The Hall–Kier alpha value is -3.96. The molecule has 0 saturated heterocycles. The van der Waals surface area contributed by atoms with Gasteiger partial charge in [-0.1, -0.05) is 30.4 Å². The Morgan fingerprint density at radius 3 is 1.98 bits per heavy atom. The molecule has 0 aliphatic carbocycles. The van der Waals surface area contributed by atoms with Crippen molar-refractivity contribution < 1.29 is 54.6 Å². The topological polar surface area (TPSA) is 186 Å². The molecule has 0 fully saturated rings. The summed E-state index contributed by atoms with van der Waals surface area (Å²) in [5.74, 6) is -0.846. The van der Waals surface area contributed by atoms with Crippen molar-refractivity contribution in [1.29, 1.82) is 0 Å². The fourth-order valence-corrected chi connectivity index (χ4v) is 8.38. The molecule has 13 nitrogen and oxygen atoms in total. The van der Waals surface area contributed by atoms with Crippen LogP contribution in [0.15, 0.2) is 94.4 Å². The predicted octanol–water partition coefficient (Wildman–Crippen LogP) is 5.55. The smallest absolute Gasteiger partial charge is 0.303 e. The molecule has 0 saturated carbocycles. The van der Waals surface area contributed by atoms with Gasteiger partial charge in [-0.05, 0) is 81.5 Å². The lowest BCUT2D eigenvalue weighted by molar-refractivity contribution is -0.438. The van der Waals surface area contributed by atoms with Gasteiger partial charge in [0.15, 0.2) is 5.71 Å². The van der Waals surface area contributed by atoms with Crippen molar-refractivity contribution in [2.45, 2.75) is 73.0 Å². The van der Waals surface area contributed by atoms with Gasteiger partial charge in [-0.25, -0.2) is 16.8 Å². The number of carboxylic acids is 1. The number of methoxy groups -OCH3 is 3. The molecular weight excluding hydrogens is 749 g/mol. The highest BCUT2D eigenvalue weighted by atomic mass is 32.2. The maximum absolute atomic E-state index is 12.0. The highest BCUT2D eigenvalue weighted by Gasteiger charge is 2.48. The summed E-state index contributed by atoms with van der Waals surface area (Å²) in [5, 5.41) is 9.07. The van der Waals surface area contributed by atoms with Gasteiger partial charge < -0.3 is 33.3 Å². The van der Waals surface area contributed by atoms with Crippen molar-refractivity contribution in [3.8, 4) is 0 Å². The summed E-state index contributed by atoms with van der Waals surface area (Å²) < 4.78 is 90.3. The minimum atomic E-state index is -4.70. The van der Waals surface area contributed by atoms with Crippen LogP contribution in [0.25, 0.3) is 0 Å².